The molecule has 3 amide bonds. The van der Waals surface area contributed by atoms with E-state index in [0.717, 1.165) is 41.6 Å². The van der Waals surface area contributed by atoms with Gasteiger partial charge in [-0.15, -0.1) is 0 Å². The number of amides is 3. The van der Waals surface area contributed by atoms with E-state index in [-0.39, 0.29) is 24.3 Å². The Morgan fingerprint density at radius 3 is 1.92 bits per heavy atom. The number of carbonyl (C=O) groups excluding carboxylic acids is 3. The molecule has 3 aromatic carbocycles. The van der Waals surface area contributed by atoms with E-state index in [4.69, 9.17) is 4.74 Å². The summed E-state index contributed by atoms with van der Waals surface area (Å²) in [6.07, 6.45) is 6.86. The van der Waals surface area contributed by atoms with Crippen molar-refractivity contribution in [3.05, 3.63) is 95.6 Å². The van der Waals surface area contributed by atoms with Crippen LogP contribution in [0.5, 0.6) is 0 Å². The topological polar surface area (TPSA) is 87.7 Å². The molecule has 38 heavy (non-hydrogen) atoms. The summed E-state index contributed by atoms with van der Waals surface area (Å²) in [6, 6.07) is 24.2. The summed E-state index contributed by atoms with van der Waals surface area (Å²) >= 11 is 0. The third kappa shape index (κ3) is 6.68. The molecule has 3 aromatic rings. The summed E-state index contributed by atoms with van der Waals surface area (Å²) in [4.78, 5) is 38.9. The van der Waals surface area contributed by atoms with Crippen LogP contribution in [0.15, 0.2) is 78.9 Å². The maximum atomic E-state index is 12.9. The van der Waals surface area contributed by atoms with Crippen LogP contribution in [0.3, 0.4) is 0 Å². The maximum absolute atomic E-state index is 12.9. The minimum absolute atomic E-state index is 0.101. The van der Waals surface area contributed by atoms with Crippen molar-refractivity contribution in [1.29, 1.82) is 0 Å². The van der Waals surface area contributed by atoms with E-state index in [9.17, 15) is 14.4 Å². The van der Waals surface area contributed by atoms with Gasteiger partial charge in [0, 0.05) is 23.8 Å². The summed E-state index contributed by atoms with van der Waals surface area (Å²) in [6.45, 7) is 0.684. The summed E-state index contributed by atoms with van der Waals surface area (Å²) in [5.41, 5.74) is 4.40. The molecule has 1 aliphatic heterocycles. The Hall–Kier alpha value is -4.39. The summed E-state index contributed by atoms with van der Waals surface area (Å²) in [5, 5.41) is 5.87. The summed E-state index contributed by atoms with van der Waals surface area (Å²) in [5.74, 6) is 0.0706. The molecule has 1 atom stereocenters. The Morgan fingerprint density at radius 2 is 1.34 bits per heavy atom. The Labute approximate surface area is 222 Å². The Balaban J connectivity index is 1.12. The molecule has 7 heteroatoms. The molecule has 0 unspecified atom stereocenters. The largest absolute Gasteiger partial charge is 0.445 e. The molecule has 0 aromatic heterocycles. The normalized spacial score (nSPS) is 16.8. The average Bonchev–Trinajstić information content (AvgIpc) is 3.69. The lowest BCUT2D eigenvalue weighted by atomic mass is 10.1. The zero-order valence-corrected chi connectivity index (χ0v) is 21.1. The lowest BCUT2D eigenvalue weighted by Crippen LogP contribution is -2.43. The van der Waals surface area contributed by atoms with Gasteiger partial charge < -0.3 is 15.4 Å². The molecule has 5 rings (SSSR count). The third-order valence-corrected chi connectivity index (χ3v) is 6.77. The van der Waals surface area contributed by atoms with Gasteiger partial charge >= 0.3 is 6.09 Å². The second-order valence-electron chi connectivity index (χ2n) is 9.72. The first kappa shape index (κ1) is 25.3. The monoisotopic (exact) mass is 509 g/mol. The molecule has 1 heterocycles. The molecule has 1 saturated heterocycles. The van der Waals surface area contributed by atoms with Crippen molar-refractivity contribution >= 4 is 41.4 Å². The third-order valence-electron chi connectivity index (χ3n) is 6.77. The fraction of sp³-hybridized carbons (Fsp3) is 0.258. The number of anilines is 2. The smallest absolute Gasteiger partial charge is 0.410 e. The molecule has 1 aliphatic carbocycles. The van der Waals surface area contributed by atoms with Crippen LogP contribution in [0.4, 0.5) is 16.2 Å². The first-order chi connectivity index (χ1) is 18.5. The molecule has 2 fully saturated rings. The van der Waals surface area contributed by atoms with E-state index in [1.165, 1.54) is 4.90 Å². The first-order valence-corrected chi connectivity index (χ1v) is 13.0. The molecule has 0 bridgehead atoms. The highest BCUT2D eigenvalue weighted by Crippen LogP contribution is 2.30. The predicted molar refractivity (Wildman–Crippen MR) is 148 cm³/mol. The van der Waals surface area contributed by atoms with Gasteiger partial charge in [-0.05, 0) is 66.6 Å². The summed E-state index contributed by atoms with van der Waals surface area (Å²) < 4.78 is 5.44. The van der Waals surface area contributed by atoms with Crippen molar-refractivity contribution < 1.29 is 19.1 Å². The second kappa shape index (κ2) is 11.8. The van der Waals surface area contributed by atoms with E-state index < -0.39 is 12.1 Å². The van der Waals surface area contributed by atoms with Crippen LogP contribution in [0.25, 0.3) is 12.2 Å². The number of carbonyl (C=O) groups is 3. The SMILES string of the molecule is O=C(Nc1ccc(/C=C/c2ccc(NC(=O)[C@@H]3CCCN3C(=O)OCc3ccccc3)cc2)cc1)C1CC1. The molecule has 194 valence electrons. The Kier molecular flexibility index (Phi) is 7.83. The number of hydrogen-bond acceptors (Lipinski definition) is 4. The lowest BCUT2D eigenvalue weighted by molar-refractivity contribution is -0.120. The number of benzene rings is 3. The van der Waals surface area contributed by atoms with E-state index in [0.29, 0.717) is 18.7 Å². The van der Waals surface area contributed by atoms with Gasteiger partial charge in [0.1, 0.15) is 12.6 Å². The molecular formula is C31H31N3O4. The number of ether oxygens (including phenoxy) is 1. The number of likely N-dealkylation sites (tertiary alicyclic amines) is 1. The van der Waals surface area contributed by atoms with Crippen molar-refractivity contribution in [2.24, 2.45) is 5.92 Å². The highest BCUT2D eigenvalue weighted by molar-refractivity contribution is 5.97. The zero-order valence-electron chi connectivity index (χ0n) is 21.1. The van der Waals surface area contributed by atoms with Crippen molar-refractivity contribution in [2.45, 2.75) is 38.3 Å². The molecular weight excluding hydrogens is 478 g/mol. The number of hydrogen-bond donors (Lipinski definition) is 2. The first-order valence-electron chi connectivity index (χ1n) is 13.0. The lowest BCUT2D eigenvalue weighted by Gasteiger charge is -2.23. The van der Waals surface area contributed by atoms with Gasteiger partial charge in [0.05, 0.1) is 0 Å². The van der Waals surface area contributed by atoms with Gasteiger partial charge in [0.2, 0.25) is 11.8 Å². The minimum Gasteiger partial charge on any atom is -0.445 e. The van der Waals surface area contributed by atoms with Crippen LogP contribution in [-0.4, -0.2) is 35.4 Å². The Bertz CT molecular complexity index is 1300. The minimum atomic E-state index is -0.546. The molecule has 2 aliphatic rings. The van der Waals surface area contributed by atoms with Gasteiger partial charge in [-0.25, -0.2) is 4.79 Å². The van der Waals surface area contributed by atoms with Crippen LogP contribution in [0.1, 0.15) is 42.4 Å². The second-order valence-corrected chi connectivity index (χ2v) is 9.72. The number of nitrogens with one attached hydrogen (secondary N) is 2. The number of nitrogens with zero attached hydrogens (tertiary/aromatic N) is 1. The van der Waals surface area contributed by atoms with Crippen LogP contribution < -0.4 is 10.6 Å². The van der Waals surface area contributed by atoms with Crippen LogP contribution in [-0.2, 0) is 20.9 Å². The quantitative estimate of drug-likeness (QED) is 0.368. The van der Waals surface area contributed by atoms with Crippen molar-refractivity contribution in [2.75, 3.05) is 17.2 Å². The van der Waals surface area contributed by atoms with Gasteiger partial charge in [-0.3, -0.25) is 14.5 Å². The molecule has 0 spiro atoms. The van der Waals surface area contributed by atoms with E-state index in [1.54, 1.807) is 0 Å². The maximum Gasteiger partial charge on any atom is 0.410 e. The van der Waals surface area contributed by atoms with Crippen molar-refractivity contribution in [3.8, 4) is 0 Å². The zero-order chi connectivity index (χ0) is 26.3. The molecule has 0 radical (unpaired) electrons. The van der Waals surface area contributed by atoms with E-state index in [1.807, 2.05) is 91.0 Å². The van der Waals surface area contributed by atoms with Crippen LogP contribution in [0, 0.1) is 5.92 Å². The van der Waals surface area contributed by atoms with Crippen LogP contribution >= 0.6 is 0 Å². The van der Waals surface area contributed by atoms with Gasteiger partial charge in [-0.1, -0.05) is 66.7 Å². The predicted octanol–water partition coefficient (Wildman–Crippen LogP) is 5.95. The van der Waals surface area contributed by atoms with Crippen molar-refractivity contribution in [1.82, 2.24) is 4.90 Å². The van der Waals surface area contributed by atoms with Gasteiger partial charge in [-0.2, -0.15) is 0 Å². The highest BCUT2D eigenvalue weighted by atomic mass is 16.6. The number of rotatable bonds is 8. The summed E-state index contributed by atoms with van der Waals surface area (Å²) in [7, 11) is 0. The fourth-order valence-electron chi connectivity index (χ4n) is 4.42. The molecule has 2 N–H and O–H groups in total. The average molecular weight is 510 g/mol. The van der Waals surface area contributed by atoms with Crippen molar-refractivity contribution in [3.63, 3.8) is 0 Å². The highest BCUT2D eigenvalue weighted by Gasteiger charge is 2.35. The van der Waals surface area contributed by atoms with Gasteiger partial charge in [0.15, 0.2) is 0 Å². The van der Waals surface area contributed by atoms with E-state index in [2.05, 4.69) is 10.6 Å². The standard InChI is InChI=1S/C31H31N3O4/c35-29(25-14-15-25)32-26-16-10-22(11-17-26)8-9-23-12-18-27(19-13-23)33-30(36)28-7-4-20-34(28)31(37)38-21-24-5-2-1-3-6-24/h1-3,5-6,8-13,16-19,25,28H,4,7,14-15,20-21H2,(H,32,35)(H,33,36)/b9-8+/t28-/m0/s1. The molecule has 7 nitrogen and oxygen atoms in total. The van der Waals surface area contributed by atoms with Crippen LogP contribution in [0.2, 0.25) is 0 Å². The van der Waals surface area contributed by atoms with E-state index >= 15 is 0 Å². The Morgan fingerprint density at radius 1 is 0.763 bits per heavy atom. The van der Waals surface area contributed by atoms with Gasteiger partial charge in [0.25, 0.3) is 0 Å². The fourth-order valence-corrected chi connectivity index (χ4v) is 4.42. The molecule has 1 saturated carbocycles.